The molecule has 3 N–H and O–H groups in total. The predicted octanol–water partition coefficient (Wildman–Crippen LogP) is 1.99. The quantitative estimate of drug-likeness (QED) is 0.649. The third-order valence-corrected chi connectivity index (χ3v) is 6.61. The van der Waals surface area contributed by atoms with Crippen LogP contribution in [0, 0.1) is 0 Å². The highest BCUT2D eigenvalue weighted by molar-refractivity contribution is 7.89. The first-order valence-corrected chi connectivity index (χ1v) is 11.0. The predicted molar refractivity (Wildman–Crippen MR) is 113 cm³/mol. The summed E-state index contributed by atoms with van der Waals surface area (Å²) >= 11 is 0. The van der Waals surface area contributed by atoms with Crippen molar-refractivity contribution in [3.8, 4) is 5.75 Å². The van der Waals surface area contributed by atoms with Crippen LogP contribution in [0.15, 0.2) is 53.4 Å². The van der Waals surface area contributed by atoms with Crippen LogP contribution in [0.4, 0.5) is 5.69 Å². The normalized spacial score (nSPS) is 13.7. The maximum atomic E-state index is 12.7. The molecule has 0 spiro atoms. The van der Waals surface area contributed by atoms with Gasteiger partial charge in [0.25, 0.3) is 5.91 Å². The van der Waals surface area contributed by atoms with Gasteiger partial charge in [0, 0.05) is 31.8 Å². The highest BCUT2D eigenvalue weighted by Gasteiger charge is 2.23. The Morgan fingerprint density at radius 1 is 1.17 bits per heavy atom. The summed E-state index contributed by atoms with van der Waals surface area (Å²) in [5.74, 6) is 0.610. The molecule has 2 rings (SSSR count). The molecule has 0 aromatic heterocycles. The molecule has 7 nitrogen and oxygen atoms in total. The number of carbonyl (C=O) groups is 1. The van der Waals surface area contributed by atoms with Gasteiger partial charge in [0.15, 0.2) is 6.04 Å². The van der Waals surface area contributed by atoms with Crippen LogP contribution in [0.2, 0.25) is 0 Å². The van der Waals surface area contributed by atoms with Crippen LogP contribution < -0.4 is 15.4 Å². The highest BCUT2D eigenvalue weighted by Crippen LogP contribution is 2.19. The van der Waals surface area contributed by atoms with E-state index in [4.69, 9.17) is 4.74 Å². The summed E-state index contributed by atoms with van der Waals surface area (Å²) in [4.78, 5) is 12.8. The van der Waals surface area contributed by atoms with Crippen LogP contribution >= 0.6 is 0 Å². The Morgan fingerprint density at radius 3 is 2.38 bits per heavy atom. The molecule has 0 aliphatic rings. The average molecular weight is 421 g/mol. The van der Waals surface area contributed by atoms with Gasteiger partial charge >= 0.3 is 0 Å². The zero-order valence-electron chi connectivity index (χ0n) is 17.5. The van der Waals surface area contributed by atoms with Crippen LogP contribution in [0.1, 0.15) is 31.9 Å². The van der Waals surface area contributed by atoms with E-state index in [-0.39, 0.29) is 22.9 Å². The SMILES string of the molecule is CC[C@@H]([NH2+][C@@H](C)C(=O)Nc1cccc(S(=O)(=O)N(C)C)c1)c1ccc(OC)cc1. The van der Waals surface area contributed by atoms with E-state index in [9.17, 15) is 13.2 Å². The molecule has 0 saturated carbocycles. The zero-order chi connectivity index (χ0) is 21.6. The largest absolute Gasteiger partial charge is 0.497 e. The van der Waals surface area contributed by atoms with Crippen molar-refractivity contribution < 1.29 is 23.3 Å². The molecule has 0 bridgehead atoms. The first-order valence-electron chi connectivity index (χ1n) is 9.51. The lowest BCUT2D eigenvalue weighted by atomic mass is 10.0. The van der Waals surface area contributed by atoms with Gasteiger partial charge in [-0.15, -0.1) is 0 Å². The van der Waals surface area contributed by atoms with Gasteiger partial charge in [0.05, 0.1) is 12.0 Å². The van der Waals surface area contributed by atoms with Crippen molar-refractivity contribution in [1.29, 1.82) is 0 Å². The topological polar surface area (TPSA) is 92.3 Å². The molecule has 1 amide bonds. The molecule has 0 aliphatic carbocycles. The van der Waals surface area contributed by atoms with Gasteiger partial charge in [-0.25, -0.2) is 12.7 Å². The second-order valence-electron chi connectivity index (χ2n) is 7.07. The first kappa shape index (κ1) is 22.9. The number of hydrogen-bond donors (Lipinski definition) is 2. The van der Waals surface area contributed by atoms with Crippen molar-refractivity contribution in [2.45, 2.75) is 37.2 Å². The van der Waals surface area contributed by atoms with E-state index < -0.39 is 10.0 Å². The zero-order valence-corrected chi connectivity index (χ0v) is 18.4. The molecule has 29 heavy (non-hydrogen) atoms. The Hall–Kier alpha value is -2.42. The number of amides is 1. The fraction of sp³-hybridized carbons (Fsp3) is 0.381. The number of ether oxygens (including phenoxy) is 1. The van der Waals surface area contributed by atoms with Gasteiger partial charge in [-0.05, 0) is 49.4 Å². The minimum atomic E-state index is -3.56. The van der Waals surface area contributed by atoms with Crippen LogP contribution in [-0.4, -0.2) is 45.9 Å². The molecule has 0 aliphatic heterocycles. The fourth-order valence-corrected chi connectivity index (χ4v) is 3.92. The Bertz CT molecular complexity index is 927. The molecule has 0 fully saturated rings. The highest BCUT2D eigenvalue weighted by atomic mass is 32.2. The number of carbonyl (C=O) groups excluding carboxylic acids is 1. The molecule has 2 aromatic rings. The van der Waals surface area contributed by atoms with Gasteiger partial charge in [0.1, 0.15) is 11.8 Å². The van der Waals surface area contributed by atoms with Gasteiger partial charge in [-0.2, -0.15) is 0 Å². The second-order valence-corrected chi connectivity index (χ2v) is 9.23. The van der Waals surface area contributed by atoms with E-state index >= 15 is 0 Å². The lowest BCUT2D eigenvalue weighted by Gasteiger charge is -2.19. The van der Waals surface area contributed by atoms with E-state index in [1.165, 1.54) is 26.2 Å². The number of nitrogens with one attached hydrogen (secondary N) is 1. The molecule has 0 unspecified atom stereocenters. The lowest BCUT2D eigenvalue weighted by molar-refractivity contribution is -0.713. The monoisotopic (exact) mass is 420 g/mol. The number of sulfonamides is 1. The minimum absolute atomic E-state index is 0.127. The van der Waals surface area contributed by atoms with Crippen molar-refractivity contribution in [2.75, 3.05) is 26.5 Å². The molecular weight excluding hydrogens is 390 g/mol. The number of quaternary nitrogens is 1. The van der Waals surface area contributed by atoms with E-state index in [0.717, 1.165) is 22.0 Å². The second kappa shape index (κ2) is 9.87. The summed E-state index contributed by atoms with van der Waals surface area (Å²) in [5.41, 5.74) is 1.57. The Balaban J connectivity index is 2.08. The minimum Gasteiger partial charge on any atom is -0.497 e. The number of benzene rings is 2. The molecule has 2 atom stereocenters. The van der Waals surface area contributed by atoms with Gasteiger partial charge in [0.2, 0.25) is 10.0 Å². The Labute approximate surface area is 173 Å². The Morgan fingerprint density at radius 2 is 1.83 bits per heavy atom. The van der Waals surface area contributed by atoms with E-state index in [1.54, 1.807) is 19.2 Å². The summed E-state index contributed by atoms with van der Waals surface area (Å²) < 4.78 is 30.9. The summed E-state index contributed by atoms with van der Waals surface area (Å²) in [6.45, 7) is 3.91. The molecule has 0 radical (unpaired) electrons. The average Bonchev–Trinajstić information content (AvgIpc) is 2.72. The number of methoxy groups -OCH3 is 1. The summed E-state index contributed by atoms with van der Waals surface area (Å²) in [7, 11) is 1.02. The number of nitrogens with zero attached hydrogens (tertiary/aromatic N) is 1. The number of nitrogens with two attached hydrogens (primary N) is 1. The standard InChI is InChI=1S/C21H29N3O4S/c1-6-20(16-10-12-18(28-5)13-11-16)22-15(2)21(25)23-17-8-7-9-19(14-17)29(26,27)24(3)4/h7-15,20,22H,6H2,1-5H3,(H,23,25)/p+1/t15-,20+/m0/s1. The lowest BCUT2D eigenvalue weighted by Crippen LogP contribution is -2.92. The molecule has 2 aromatic carbocycles. The number of rotatable bonds is 9. The van der Waals surface area contributed by atoms with Crippen LogP contribution in [-0.2, 0) is 14.8 Å². The van der Waals surface area contributed by atoms with E-state index in [1.807, 2.05) is 36.5 Å². The summed E-state index contributed by atoms with van der Waals surface area (Å²) in [6, 6.07) is 13.9. The fourth-order valence-electron chi connectivity index (χ4n) is 2.97. The number of anilines is 1. The van der Waals surface area contributed by atoms with Crippen molar-refractivity contribution in [3.05, 3.63) is 54.1 Å². The smallest absolute Gasteiger partial charge is 0.282 e. The van der Waals surface area contributed by atoms with Crippen LogP contribution in [0.5, 0.6) is 5.75 Å². The summed E-state index contributed by atoms with van der Waals surface area (Å²) in [6.07, 6.45) is 0.862. The van der Waals surface area contributed by atoms with Gasteiger partial charge < -0.3 is 15.4 Å². The van der Waals surface area contributed by atoms with Gasteiger partial charge in [-0.1, -0.05) is 13.0 Å². The molecule has 0 saturated heterocycles. The van der Waals surface area contributed by atoms with Crippen molar-refractivity contribution in [2.24, 2.45) is 0 Å². The number of hydrogen-bond acceptors (Lipinski definition) is 4. The van der Waals surface area contributed by atoms with Crippen LogP contribution in [0.3, 0.4) is 0 Å². The third-order valence-electron chi connectivity index (χ3n) is 4.80. The Kier molecular flexibility index (Phi) is 7.78. The maximum Gasteiger partial charge on any atom is 0.282 e. The molecule has 0 heterocycles. The van der Waals surface area contributed by atoms with E-state index in [2.05, 4.69) is 12.2 Å². The van der Waals surface area contributed by atoms with Crippen LogP contribution in [0.25, 0.3) is 0 Å². The van der Waals surface area contributed by atoms with E-state index in [0.29, 0.717) is 5.69 Å². The molecule has 8 heteroatoms. The van der Waals surface area contributed by atoms with Crippen molar-refractivity contribution in [3.63, 3.8) is 0 Å². The summed E-state index contributed by atoms with van der Waals surface area (Å²) in [5, 5.41) is 4.83. The molecule has 158 valence electrons. The third kappa shape index (κ3) is 5.79. The van der Waals surface area contributed by atoms with Crippen molar-refractivity contribution >= 4 is 21.6 Å². The van der Waals surface area contributed by atoms with Crippen molar-refractivity contribution in [1.82, 2.24) is 4.31 Å². The first-order chi connectivity index (χ1) is 13.7. The maximum absolute atomic E-state index is 12.7. The molecular formula is C21H30N3O4S+. The van der Waals surface area contributed by atoms with Gasteiger partial charge in [-0.3, -0.25) is 4.79 Å².